The molecule has 0 aliphatic heterocycles. The summed E-state index contributed by atoms with van der Waals surface area (Å²) in [6.07, 6.45) is 0. The first-order valence-corrected chi connectivity index (χ1v) is 9.19. The van der Waals surface area contributed by atoms with Gasteiger partial charge < -0.3 is 18.9 Å². The molecule has 0 spiro atoms. The Balaban J connectivity index is 2.34. The summed E-state index contributed by atoms with van der Waals surface area (Å²) >= 11 is 0. The molecule has 0 bridgehead atoms. The van der Waals surface area contributed by atoms with Crippen molar-refractivity contribution >= 4 is 17.7 Å². The third kappa shape index (κ3) is 5.81. The van der Waals surface area contributed by atoms with Crippen molar-refractivity contribution in [3.8, 4) is 11.5 Å². The maximum absolute atomic E-state index is 12.1. The number of benzene rings is 2. The van der Waals surface area contributed by atoms with Crippen LogP contribution in [0.1, 0.15) is 57.4 Å². The zero-order valence-corrected chi connectivity index (χ0v) is 16.9. The van der Waals surface area contributed by atoms with E-state index in [1.807, 2.05) is 0 Å². The minimum absolute atomic E-state index is 0.0683. The molecular weight excluding hydrogens is 376 g/mol. The van der Waals surface area contributed by atoms with Crippen LogP contribution in [0.4, 0.5) is 0 Å². The first-order valence-electron chi connectivity index (χ1n) is 9.19. The first kappa shape index (κ1) is 21.9. The SMILES string of the molecule is CCOC(=O)c1cc(OCc2cc(C(C)=O)ccc2OC)cc(C(=O)OCC)c1. The summed E-state index contributed by atoms with van der Waals surface area (Å²) < 4.78 is 21.1. The van der Waals surface area contributed by atoms with Gasteiger partial charge in [-0.1, -0.05) is 0 Å². The van der Waals surface area contributed by atoms with Crippen molar-refractivity contribution in [2.24, 2.45) is 0 Å². The maximum atomic E-state index is 12.1. The average Bonchev–Trinajstić information content (AvgIpc) is 2.72. The van der Waals surface area contributed by atoms with E-state index in [0.717, 1.165) is 0 Å². The van der Waals surface area contributed by atoms with E-state index in [2.05, 4.69) is 0 Å². The lowest BCUT2D eigenvalue weighted by molar-refractivity contribution is 0.0524. The van der Waals surface area contributed by atoms with E-state index in [1.165, 1.54) is 32.2 Å². The molecule has 0 aliphatic rings. The van der Waals surface area contributed by atoms with Gasteiger partial charge in [0.2, 0.25) is 0 Å². The van der Waals surface area contributed by atoms with Crippen molar-refractivity contribution in [3.63, 3.8) is 0 Å². The van der Waals surface area contributed by atoms with Gasteiger partial charge in [-0.2, -0.15) is 0 Å². The summed E-state index contributed by atoms with van der Waals surface area (Å²) in [6.45, 7) is 5.33. The van der Waals surface area contributed by atoms with Gasteiger partial charge in [-0.05, 0) is 57.2 Å². The number of rotatable bonds is 9. The number of methoxy groups -OCH3 is 1. The predicted octanol–water partition coefficient (Wildman–Crippen LogP) is 3.83. The summed E-state index contributed by atoms with van der Waals surface area (Å²) in [7, 11) is 1.52. The number of hydrogen-bond acceptors (Lipinski definition) is 7. The first-order chi connectivity index (χ1) is 13.9. The number of Topliss-reactive ketones (excluding diaryl/α,β-unsaturated/α-hetero) is 1. The summed E-state index contributed by atoms with van der Waals surface area (Å²) in [5.74, 6) is -0.377. The van der Waals surface area contributed by atoms with Crippen molar-refractivity contribution in [1.29, 1.82) is 0 Å². The van der Waals surface area contributed by atoms with E-state index < -0.39 is 11.9 Å². The minimum atomic E-state index is -0.570. The van der Waals surface area contributed by atoms with E-state index in [1.54, 1.807) is 32.0 Å². The molecule has 0 saturated carbocycles. The van der Waals surface area contributed by atoms with Gasteiger partial charge in [0.25, 0.3) is 0 Å². The van der Waals surface area contributed by atoms with Crippen molar-refractivity contribution in [2.45, 2.75) is 27.4 Å². The Morgan fingerprint density at radius 3 is 1.90 bits per heavy atom. The summed E-state index contributed by atoms with van der Waals surface area (Å²) in [4.78, 5) is 35.9. The smallest absolute Gasteiger partial charge is 0.338 e. The Bertz CT molecular complexity index is 866. The van der Waals surface area contributed by atoms with Crippen LogP contribution in [0.15, 0.2) is 36.4 Å². The number of carbonyl (C=O) groups is 3. The van der Waals surface area contributed by atoms with Crippen molar-refractivity contribution < 1.29 is 33.3 Å². The minimum Gasteiger partial charge on any atom is -0.496 e. The molecule has 0 N–H and O–H groups in total. The zero-order valence-electron chi connectivity index (χ0n) is 16.9. The highest BCUT2D eigenvalue weighted by Gasteiger charge is 2.16. The van der Waals surface area contributed by atoms with Gasteiger partial charge in [0.05, 0.1) is 31.5 Å². The molecule has 0 fully saturated rings. The summed E-state index contributed by atoms with van der Waals surface area (Å²) in [5, 5.41) is 0. The van der Waals surface area contributed by atoms with E-state index in [9.17, 15) is 14.4 Å². The van der Waals surface area contributed by atoms with Crippen LogP contribution in [-0.4, -0.2) is 38.0 Å². The molecule has 29 heavy (non-hydrogen) atoms. The Morgan fingerprint density at radius 1 is 0.828 bits per heavy atom. The van der Waals surface area contributed by atoms with Crippen LogP contribution in [0, 0.1) is 0 Å². The summed E-state index contributed by atoms with van der Waals surface area (Å²) in [5.41, 5.74) is 1.53. The van der Waals surface area contributed by atoms with Gasteiger partial charge >= 0.3 is 11.9 Å². The van der Waals surface area contributed by atoms with Crippen molar-refractivity contribution in [1.82, 2.24) is 0 Å². The van der Waals surface area contributed by atoms with E-state index in [4.69, 9.17) is 18.9 Å². The highest BCUT2D eigenvalue weighted by Crippen LogP contribution is 2.24. The van der Waals surface area contributed by atoms with Crippen LogP contribution >= 0.6 is 0 Å². The fourth-order valence-corrected chi connectivity index (χ4v) is 2.62. The molecule has 0 heterocycles. The maximum Gasteiger partial charge on any atom is 0.338 e. The fourth-order valence-electron chi connectivity index (χ4n) is 2.62. The van der Waals surface area contributed by atoms with Crippen LogP contribution in [0.3, 0.4) is 0 Å². The molecule has 2 aromatic rings. The van der Waals surface area contributed by atoms with Gasteiger partial charge in [-0.25, -0.2) is 9.59 Å². The summed E-state index contributed by atoms with van der Waals surface area (Å²) in [6, 6.07) is 9.42. The molecule has 2 aromatic carbocycles. The third-order valence-corrected chi connectivity index (χ3v) is 4.01. The molecule has 7 heteroatoms. The van der Waals surface area contributed by atoms with Crippen LogP contribution in [0.5, 0.6) is 11.5 Å². The molecular formula is C22H24O7. The molecule has 0 unspecified atom stereocenters. The molecule has 7 nitrogen and oxygen atoms in total. The number of ketones is 1. The highest BCUT2D eigenvalue weighted by atomic mass is 16.5. The average molecular weight is 400 g/mol. The molecule has 0 saturated heterocycles. The fraction of sp³-hybridized carbons (Fsp3) is 0.318. The number of carbonyl (C=O) groups excluding carboxylic acids is 3. The van der Waals surface area contributed by atoms with Gasteiger partial charge in [0.15, 0.2) is 5.78 Å². The lowest BCUT2D eigenvalue weighted by Crippen LogP contribution is -2.10. The van der Waals surface area contributed by atoms with Gasteiger partial charge in [-0.3, -0.25) is 4.79 Å². The van der Waals surface area contributed by atoms with Crippen molar-refractivity contribution in [3.05, 3.63) is 58.7 Å². The number of ether oxygens (including phenoxy) is 4. The molecule has 0 atom stereocenters. The van der Waals surface area contributed by atoms with Crippen LogP contribution in [0.2, 0.25) is 0 Å². The van der Waals surface area contributed by atoms with E-state index in [-0.39, 0.29) is 42.5 Å². The molecule has 0 amide bonds. The van der Waals surface area contributed by atoms with Gasteiger partial charge in [0, 0.05) is 11.1 Å². The van der Waals surface area contributed by atoms with Crippen LogP contribution in [-0.2, 0) is 16.1 Å². The van der Waals surface area contributed by atoms with Gasteiger partial charge in [0.1, 0.15) is 18.1 Å². The normalized spacial score (nSPS) is 10.2. The Labute approximate surface area is 169 Å². The third-order valence-electron chi connectivity index (χ3n) is 4.01. The predicted molar refractivity (Wildman–Crippen MR) is 106 cm³/mol. The Kier molecular flexibility index (Phi) is 7.77. The van der Waals surface area contributed by atoms with E-state index in [0.29, 0.717) is 16.9 Å². The topological polar surface area (TPSA) is 88.1 Å². The van der Waals surface area contributed by atoms with Gasteiger partial charge in [-0.15, -0.1) is 0 Å². The van der Waals surface area contributed by atoms with Crippen LogP contribution < -0.4 is 9.47 Å². The largest absolute Gasteiger partial charge is 0.496 e. The molecule has 0 aliphatic carbocycles. The highest BCUT2D eigenvalue weighted by molar-refractivity contribution is 5.96. The number of esters is 2. The Morgan fingerprint density at radius 2 is 1.41 bits per heavy atom. The quantitative estimate of drug-likeness (QED) is 0.467. The molecule has 154 valence electrons. The lowest BCUT2D eigenvalue weighted by atomic mass is 10.1. The molecule has 0 radical (unpaired) electrons. The number of hydrogen-bond donors (Lipinski definition) is 0. The van der Waals surface area contributed by atoms with Crippen LogP contribution in [0.25, 0.3) is 0 Å². The zero-order chi connectivity index (χ0) is 21.4. The van der Waals surface area contributed by atoms with Crippen molar-refractivity contribution in [2.75, 3.05) is 20.3 Å². The Hall–Kier alpha value is -3.35. The second-order valence-electron chi connectivity index (χ2n) is 6.06. The lowest BCUT2D eigenvalue weighted by Gasteiger charge is -2.13. The second kappa shape index (κ2) is 10.3. The standard InChI is InChI=1S/C22H24O7/c1-5-27-21(24)16-10-17(22(25)28-6-2)12-19(11-16)29-13-18-9-15(14(3)23)7-8-20(18)26-4/h7-12H,5-6,13H2,1-4H3. The monoisotopic (exact) mass is 400 g/mol. The second-order valence-corrected chi connectivity index (χ2v) is 6.06. The molecule has 0 aromatic heterocycles. The molecule has 2 rings (SSSR count). The van der Waals surface area contributed by atoms with E-state index >= 15 is 0 Å².